The van der Waals surface area contributed by atoms with E-state index in [1.807, 2.05) is 0 Å². The van der Waals surface area contributed by atoms with Gasteiger partial charge in [-0.05, 0) is 31.5 Å². The van der Waals surface area contributed by atoms with Gasteiger partial charge in [0.25, 0.3) is 5.91 Å². The van der Waals surface area contributed by atoms with Gasteiger partial charge in [-0.1, -0.05) is 11.8 Å². The van der Waals surface area contributed by atoms with E-state index in [9.17, 15) is 14.3 Å². The number of halogens is 1. The fourth-order valence-corrected chi connectivity index (χ4v) is 2.23. The van der Waals surface area contributed by atoms with Gasteiger partial charge in [-0.15, -0.1) is 0 Å². The van der Waals surface area contributed by atoms with Crippen LogP contribution in [0.1, 0.15) is 29.3 Å². The first-order valence-corrected chi connectivity index (χ1v) is 6.34. The van der Waals surface area contributed by atoms with Crippen LogP contribution in [-0.4, -0.2) is 46.3 Å². The van der Waals surface area contributed by atoms with Crippen LogP contribution in [0.2, 0.25) is 0 Å². The number of amides is 1. The summed E-state index contributed by atoms with van der Waals surface area (Å²) < 4.78 is 13.2. The van der Waals surface area contributed by atoms with Crippen LogP contribution in [0.15, 0.2) is 18.2 Å². The van der Waals surface area contributed by atoms with Crippen molar-refractivity contribution in [3.05, 3.63) is 35.1 Å². The minimum absolute atomic E-state index is 0.246. The Morgan fingerprint density at radius 3 is 2.90 bits per heavy atom. The normalized spacial score (nSPS) is 21.5. The molecule has 2 N–H and O–H groups in total. The van der Waals surface area contributed by atoms with Crippen molar-refractivity contribution in [2.24, 2.45) is 0 Å². The highest BCUT2D eigenvalue weighted by molar-refractivity contribution is 5.97. The van der Waals surface area contributed by atoms with Gasteiger partial charge in [-0.3, -0.25) is 4.79 Å². The maximum absolute atomic E-state index is 13.2. The van der Waals surface area contributed by atoms with E-state index in [0.717, 1.165) is 0 Å². The molecule has 1 aromatic rings. The largest absolute Gasteiger partial charge is 0.388 e. The predicted octanol–water partition coefficient (Wildman–Crippen LogP) is 0.766. The van der Waals surface area contributed by atoms with Crippen LogP contribution in [-0.2, 0) is 0 Å². The molecule has 1 saturated heterocycles. The summed E-state index contributed by atoms with van der Waals surface area (Å²) in [5.74, 6) is 4.22. The van der Waals surface area contributed by atoms with Crippen LogP contribution < -0.4 is 0 Å². The van der Waals surface area contributed by atoms with Gasteiger partial charge in [0.2, 0.25) is 0 Å². The standard InChI is InChI=1S/C15H16FNO3/c1-15(20)6-7-17(10-15)14(19)13-5-4-12(16)9-11(13)3-2-8-18/h4-5,9,18,20H,6-8,10H2,1H3. The van der Waals surface area contributed by atoms with Crippen molar-refractivity contribution in [2.75, 3.05) is 19.7 Å². The highest BCUT2D eigenvalue weighted by Gasteiger charge is 2.34. The first-order valence-electron chi connectivity index (χ1n) is 6.34. The van der Waals surface area contributed by atoms with Crippen LogP contribution in [0.5, 0.6) is 0 Å². The smallest absolute Gasteiger partial charge is 0.255 e. The maximum atomic E-state index is 13.2. The number of rotatable bonds is 1. The number of nitrogens with zero attached hydrogens (tertiary/aromatic N) is 1. The lowest BCUT2D eigenvalue weighted by Crippen LogP contribution is -2.34. The van der Waals surface area contributed by atoms with Gasteiger partial charge < -0.3 is 15.1 Å². The Balaban J connectivity index is 2.30. The number of hydrogen-bond donors (Lipinski definition) is 2. The molecule has 0 spiro atoms. The zero-order chi connectivity index (χ0) is 14.8. The Labute approximate surface area is 116 Å². The molecule has 0 radical (unpaired) electrons. The Morgan fingerprint density at radius 1 is 1.55 bits per heavy atom. The summed E-state index contributed by atoms with van der Waals surface area (Å²) in [7, 11) is 0. The van der Waals surface area contributed by atoms with E-state index < -0.39 is 11.4 Å². The molecular formula is C15H16FNO3. The van der Waals surface area contributed by atoms with Crippen molar-refractivity contribution in [3.8, 4) is 11.8 Å². The minimum atomic E-state index is -0.882. The number of benzene rings is 1. The molecule has 1 aliphatic heterocycles. The van der Waals surface area contributed by atoms with Crippen LogP contribution in [0.3, 0.4) is 0 Å². The lowest BCUT2D eigenvalue weighted by molar-refractivity contribution is 0.0572. The Hall–Kier alpha value is -1.90. The quantitative estimate of drug-likeness (QED) is 0.745. The third kappa shape index (κ3) is 3.16. The molecule has 4 nitrogen and oxygen atoms in total. The van der Waals surface area contributed by atoms with E-state index in [0.29, 0.717) is 13.0 Å². The third-order valence-corrected chi connectivity index (χ3v) is 3.25. The second-order valence-electron chi connectivity index (χ2n) is 5.12. The number of aliphatic hydroxyl groups excluding tert-OH is 1. The summed E-state index contributed by atoms with van der Waals surface area (Å²) in [5, 5.41) is 18.6. The summed E-state index contributed by atoms with van der Waals surface area (Å²) >= 11 is 0. The fourth-order valence-electron chi connectivity index (χ4n) is 2.23. The summed E-state index contributed by atoms with van der Waals surface area (Å²) in [6.45, 7) is 2.02. The monoisotopic (exact) mass is 277 g/mol. The molecular weight excluding hydrogens is 261 g/mol. The Morgan fingerprint density at radius 2 is 2.30 bits per heavy atom. The molecule has 1 aliphatic rings. The zero-order valence-corrected chi connectivity index (χ0v) is 11.2. The van der Waals surface area contributed by atoms with Crippen molar-refractivity contribution in [3.63, 3.8) is 0 Å². The average molecular weight is 277 g/mol. The first-order chi connectivity index (χ1) is 9.43. The number of likely N-dealkylation sites (tertiary alicyclic amines) is 1. The molecule has 1 unspecified atom stereocenters. The molecule has 1 amide bonds. The number of carbonyl (C=O) groups is 1. The average Bonchev–Trinajstić information content (AvgIpc) is 2.76. The Kier molecular flexibility index (Phi) is 4.07. The van der Waals surface area contributed by atoms with Gasteiger partial charge in [0.15, 0.2) is 0 Å². The topological polar surface area (TPSA) is 60.8 Å². The summed E-state index contributed by atoms with van der Waals surface area (Å²) in [6.07, 6.45) is 0.511. The molecule has 2 rings (SSSR count). The summed E-state index contributed by atoms with van der Waals surface area (Å²) in [6, 6.07) is 3.75. The predicted molar refractivity (Wildman–Crippen MR) is 71.5 cm³/mol. The first kappa shape index (κ1) is 14.5. The van der Waals surface area contributed by atoms with Crippen molar-refractivity contribution in [2.45, 2.75) is 18.9 Å². The molecule has 1 heterocycles. The van der Waals surface area contributed by atoms with Crippen LogP contribution in [0, 0.1) is 17.7 Å². The zero-order valence-electron chi connectivity index (χ0n) is 11.2. The summed E-state index contributed by atoms with van der Waals surface area (Å²) in [5.41, 5.74) is -0.354. The van der Waals surface area contributed by atoms with E-state index in [2.05, 4.69) is 11.8 Å². The molecule has 106 valence electrons. The number of hydrogen-bond acceptors (Lipinski definition) is 3. The third-order valence-electron chi connectivity index (χ3n) is 3.25. The second-order valence-corrected chi connectivity index (χ2v) is 5.12. The number of aliphatic hydroxyl groups is 2. The highest BCUT2D eigenvalue weighted by atomic mass is 19.1. The molecule has 1 fully saturated rings. The van der Waals surface area contributed by atoms with Crippen molar-refractivity contribution in [1.29, 1.82) is 0 Å². The van der Waals surface area contributed by atoms with Gasteiger partial charge in [-0.25, -0.2) is 4.39 Å². The molecule has 0 aromatic heterocycles. The minimum Gasteiger partial charge on any atom is -0.388 e. The maximum Gasteiger partial charge on any atom is 0.255 e. The van der Waals surface area contributed by atoms with Crippen molar-refractivity contribution < 1.29 is 19.4 Å². The molecule has 0 aliphatic carbocycles. The van der Waals surface area contributed by atoms with Crippen molar-refractivity contribution >= 4 is 5.91 Å². The Bertz CT molecular complexity index is 587. The fraction of sp³-hybridized carbons (Fsp3) is 0.400. The number of β-amino-alcohol motifs (C(OH)–C–C–N with tert-alkyl or cyclic N) is 1. The molecule has 1 aromatic carbocycles. The molecule has 1 atom stereocenters. The summed E-state index contributed by atoms with van der Waals surface area (Å²) in [4.78, 5) is 13.9. The SMILES string of the molecule is CC1(O)CCN(C(=O)c2ccc(F)cc2C#CCO)C1. The van der Waals surface area contributed by atoms with E-state index in [1.165, 1.54) is 23.1 Å². The number of carbonyl (C=O) groups excluding carboxylic acids is 1. The van der Waals surface area contributed by atoms with E-state index in [-0.39, 0.29) is 30.2 Å². The van der Waals surface area contributed by atoms with Gasteiger partial charge in [-0.2, -0.15) is 0 Å². The highest BCUT2D eigenvalue weighted by Crippen LogP contribution is 2.23. The second kappa shape index (κ2) is 5.61. The van der Waals surface area contributed by atoms with Crippen molar-refractivity contribution in [1.82, 2.24) is 4.90 Å². The van der Waals surface area contributed by atoms with E-state index in [1.54, 1.807) is 6.92 Å². The van der Waals surface area contributed by atoms with Crippen LogP contribution >= 0.6 is 0 Å². The van der Waals surface area contributed by atoms with Crippen LogP contribution in [0.25, 0.3) is 0 Å². The molecule has 0 bridgehead atoms. The molecule has 5 heteroatoms. The molecule has 0 saturated carbocycles. The van der Waals surface area contributed by atoms with Gasteiger partial charge in [0, 0.05) is 18.7 Å². The van der Waals surface area contributed by atoms with E-state index in [4.69, 9.17) is 5.11 Å². The molecule has 20 heavy (non-hydrogen) atoms. The van der Waals surface area contributed by atoms with Gasteiger partial charge in [0.1, 0.15) is 12.4 Å². The van der Waals surface area contributed by atoms with E-state index >= 15 is 0 Å². The van der Waals surface area contributed by atoms with Crippen LogP contribution in [0.4, 0.5) is 4.39 Å². The lowest BCUT2D eigenvalue weighted by Gasteiger charge is -2.19. The van der Waals surface area contributed by atoms with Gasteiger partial charge >= 0.3 is 0 Å². The lowest BCUT2D eigenvalue weighted by atomic mass is 10.1. The van der Waals surface area contributed by atoms with Gasteiger partial charge in [0.05, 0.1) is 11.2 Å².